The van der Waals surface area contributed by atoms with Crippen LogP contribution in [-0.2, 0) is 4.74 Å². The Balaban J connectivity index is 1.94. The smallest absolute Gasteiger partial charge is 0.205 e. The summed E-state index contributed by atoms with van der Waals surface area (Å²) in [5.41, 5.74) is 0. The molecule has 1 N–H and O–H groups in total. The second-order valence-electron chi connectivity index (χ2n) is 4.89. The summed E-state index contributed by atoms with van der Waals surface area (Å²) in [7, 11) is 0. The molecule has 6 heteroatoms. The lowest BCUT2D eigenvalue weighted by molar-refractivity contribution is 0.0214. The van der Waals surface area contributed by atoms with Gasteiger partial charge in [0.15, 0.2) is 0 Å². The van der Waals surface area contributed by atoms with Crippen LogP contribution in [0.2, 0.25) is 0 Å². The highest BCUT2D eigenvalue weighted by atomic mass is 32.1. The Morgan fingerprint density at radius 2 is 2.39 bits per heavy atom. The molecule has 2 rings (SSSR count). The molecule has 0 aliphatic carbocycles. The molecule has 1 aromatic rings. The van der Waals surface area contributed by atoms with Crippen molar-refractivity contribution in [3.8, 4) is 0 Å². The quantitative estimate of drug-likeness (QED) is 0.882. The molecule has 1 aromatic heterocycles. The molecule has 0 radical (unpaired) electrons. The average Bonchev–Trinajstić information content (AvgIpc) is 2.86. The van der Waals surface area contributed by atoms with E-state index in [0.29, 0.717) is 12.5 Å². The van der Waals surface area contributed by atoms with Crippen LogP contribution in [0.1, 0.15) is 38.4 Å². The van der Waals surface area contributed by atoms with Gasteiger partial charge in [-0.25, -0.2) is 4.98 Å². The molecule has 1 fully saturated rings. The number of hydrogen-bond acceptors (Lipinski definition) is 6. The Morgan fingerprint density at radius 1 is 1.56 bits per heavy atom. The van der Waals surface area contributed by atoms with Gasteiger partial charge >= 0.3 is 0 Å². The summed E-state index contributed by atoms with van der Waals surface area (Å²) in [4.78, 5) is 6.82. The molecule has 5 nitrogen and oxygen atoms in total. The van der Waals surface area contributed by atoms with Crippen molar-refractivity contribution in [3.05, 3.63) is 5.82 Å². The summed E-state index contributed by atoms with van der Waals surface area (Å²) in [6.45, 7) is 6.60. The largest absolute Gasteiger partial charge is 0.394 e. The van der Waals surface area contributed by atoms with Crippen LogP contribution in [-0.4, -0.2) is 46.9 Å². The SMILES string of the molecule is CC(C)c1nsc(N2CCC[C@H](OCCO)C2)n1. The van der Waals surface area contributed by atoms with Gasteiger partial charge in [-0.3, -0.25) is 0 Å². The summed E-state index contributed by atoms with van der Waals surface area (Å²) < 4.78 is 9.99. The highest BCUT2D eigenvalue weighted by molar-refractivity contribution is 7.09. The number of rotatable bonds is 5. The standard InChI is InChI=1S/C12H21N3O2S/c1-9(2)11-13-12(18-14-11)15-5-3-4-10(8-15)17-7-6-16/h9-10,16H,3-8H2,1-2H3/t10-/m0/s1. The predicted octanol–water partition coefficient (Wildman–Crippen LogP) is 1.64. The molecule has 18 heavy (non-hydrogen) atoms. The summed E-state index contributed by atoms with van der Waals surface area (Å²) >= 11 is 1.47. The van der Waals surface area contributed by atoms with Crippen molar-refractivity contribution >= 4 is 16.7 Å². The minimum absolute atomic E-state index is 0.0901. The van der Waals surface area contributed by atoms with Crippen LogP contribution in [0.25, 0.3) is 0 Å². The van der Waals surface area contributed by atoms with Crippen molar-refractivity contribution in [1.29, 1.82) is 0 Å². The highest BCUT2D eigenvalue weighted by Gasteiger charge is 2.23. The van der Waals surface area contributed by atoms with Gasteiger partial charge in [0, 0.05) is 30.5 Å². The van der Waals surface area contributed by atoms with Crippen LogP contribution >= 0.6 is 11.5 Å². The fourth-order valence-electron chi connectivity index (χ4n) is 2.06. The fourth-order valence-corrected chi connectivity index (χ4v) is 2.90. The Hall–Kier alpha value is -0.720. The Morgan fingerprint density at radius 3 is 3.06 bits per heavy atom. The van der Waals surface area contributed by atoms with Crippen LogP contribution in [0.4, 0.5) is 5.13 Å². The highest BCUT2D eigenvalue weighted by Crippen LogP contribution is 2.25. The number of aliphatic hydroxyl groups is 1. The van der Waals surface area contributed by atoms with Crippen molar-refractivity contribution < 1.29 is 9.84 Å². The second kappa shape index (κ2) is 6.45. The first kappa shape index (κ1) is 13.7. The fraction of sp³-hybridized carbons (Fsp3) is 0.833. The average molecular weight is 271 g/mol. The Bertz CT molecular complexity index is 370. The number of piperidine rings is 1. The van der Waals surface area contributed by atoms with Crippen molar-refractivity contribution in [3.63, 3.8) is 0 Å². The summed E-state index contributed by atoms with van der Waals surface area (Å²) in [6.07, 6.45) is 2.37. The Kier molecular flexibility index (Phi) is 4.91. The third kappa shape index (κ3) is 3.40. The van der Waals surface area contributed by atoms with E-state index in [0.717, 1.165) is 36.9 Å². The van der Waals surface area contributed by atoms with Gasteiger partial charge in [-0.2, -0.15) is 4.37 Å². The molecule has 1 atom stereocenters. The lowest BCUT2D eigenvalue weighted by Gasteiger charge is -2.32. The molecule has 0 unspecified atom stereocenters. The monoisotopic (exact) mass is 271 g/mol. The predicted molar refractivity (Wildman–Crippen MR) is 72.3 cm³/mol. The first-order chi connectivity index (χ1) is 8.70. The number of nitrogens with zero attached hydrogens (tertiary/aromatic N) is 3. The lowest BCUT2D eigenvalue weighted by Crippen LogP contribution is -2.40. The van der Waals surface area contributed by atoms with Gasteiger partial charge in [0.05, 0.1) is 19.3 Å². The molecule has 1 aliphatic rings. The van der Waals surface area contributed by atoms with E-state index >= 15 is 0 Å². The van der Waals surface area contributed by atoms with Gasteiger partial charge in [-0.1, -0.05) is 13.8 Å². The molecule has 1 saturated heterocycles. The van der Waals surface area contributed by atoms with Crippen molar-refractivity contribution in [2.45, 2.75) is 38.7 Å². The number of aliphatic hydroxyl groups excluding tert-OH is 1. The van der Waals surface area contributed by atoms with Gasteiger partial charge in [-0.05, 0) is 12.8 Å². The first-order valence-corrected chi connectivity index (χ1v) is 7.29. The molecular weight excluding hydrogens is 250 g/mol. The topological polar surface area (TPSA) is 58.5 Å². The van der Waals surface area contributed by atoms with Crippen molar-refractivity contribution in [1.82, 2.24) is 9.36 Å². The molecule has 2 heterocycles. The van der Waals surface area contributed by atoms with E-state index in [1.807, 2.05) is 0 Å². The molecule has 0 spiro atoms. The summed E-state index contributed by atoms with van der Waals surface area (Å²) in [5, 5.41) is 9.78. The maximum absolute atomic E-state index is 8.79. The van der Waals surface area contributed by atoms with Gasteiger partial charge in [0.2, 0.25) is 5.13 Å². The van der Waals surface area contributed by atoms with E-state index < -0.39 is 0 Å². The minimum atomic E-state index is 0.0901. The van der Waals surface area contributed by atoms with Gasteiger partial charge < -0.3 is 14.7 Å². The van der Waals surface area contributed by atoms with Crippen LogP contribution < -0.4 is 4.90 Å². The summed E-state index contributed by atoms with van der Waals surface area (Å²) in [5.74, 6) is 1.30. The zero-order valence-electron chi connectivity index (χ0n) is 11.0. The third-order valence-electron chi connectivity index (χ3n) is 3.04. The minimum Gasteiger partial charge on any atom is -0.394 e. The van der Waals surface area contributed by atoms with E-state index in [2.05, 4.69) is 28.1 Å². The second-order valence-corrected chi connectivity index (χ2v) is 5.62. The van der Waals surface area contributed by atoms with Crippen LogP contribution in [0, 0.1) is 0 Å². The van der Waals surface area contributed by atoms with Crippen molar-refractivity contribution in [2.75, 3.05) is 31.2 Å². The zero-order chi connectivity index (χ0) is 13.0. The number of ether oxygens (including phenoxy) is 1. The first-order valence-electron chi connectivity index (χ1n) is 6.51. The van der Waals surface area contributed by atoms with E-state index in [1.54, 1.807) is 0 Å². The van der Waals surface area contributed by atoms with E-state index in [1.165, 1.54) is 11.5 Å². The molecule has 1 aliphatic heterocycles. The van der Waals surface area contributed by atoms with Crippen molar-refractivity contribution in [2.24, 2.45) is 0 Å². The van der Waals surface area contributed by atoms with E-state index in [-0.39, 0.29) is 12.7 Å². The van der Waals surface area contributed by atoms with Gasteiger partial charge in [0.25, 0.3) is 0 Å². The Labute approximate surface area is 112 Å². The molecule has 0 saturated carbocycles. The normalized spacial score (nSPS) is 20.7. The van der Waals surface area contributed by atoms with Crippen LogP contribution in [0.15, 0.2) is 0 Å². The molecule has 102 valence electrons. The number of aromatic nitrogens is 2. The van der Waals surface area contributed by atoms with E-state index in [4.69, 9.17) is 9.84 Å². The summed E-state index contributed by atoms with van der Waals surface area (Å²) in [6, 6.07) is 0. The number of anilines is 1. The molecule has 0 bridgehead atoms. The molecule has 0 aromatic carbocycles. The lowest BCUT2D eigenvalue weighted by atomic mass is 10.1. The third-order valence-corrected chi connectivity index (χ3v) is 3.83. The maximum Gasteiger partial charge on any atom is 0.205 e. The molecule has 0 amide bonds. The molecular formula is C12H21N3O2S. The van der Waals surface area contributed by atoms with Gasteiger partial charge in [0.1, 0.15) is 5.82 Å². The maximum atomic E-state index is 8.79. The van der Waals surface area contributed by atoms with E-state index in [9.17, 15) is 0 Å². The van der Waals surface area contributed by atoms with Crippen LogP contribution in [0.5, 0.6) is 0 Å². The van der Waals surface area contributed by atoms with Crippen LogP contribution in [0.3, 0.4) is 0 Å². The zero-order valence-corrected chi connectivity index (χ0v) is 11.8. The number of hydrogen-bond donors (Lipinski definition) is 1. The van der Waals surface area contributed by atoms with Gasteiger partial charge in [-0.15, -0.1) is 0 Å².